The molecule has 1 aliphatic carbocycles. The lowest BCUT2D eigenvalue weighted by Gasteiger charge is -2.14. The molecule has 1 saturated carbocycles. The van der Waals surface area contributed by atoms with Gasteiger partial charge >= 0.3 is 0 Å². The Bertz CT molecular complexity index is 892. The molecule has 0 saturated heterocycles. The van der Waals surface area contributed by atoms with Gasteiger partial charge in [0, 0.05) is 0 Å². The van der Waals surface area contributed by atoms with Crippen molar-refractivity contribution in [2.75, 3.05) is 4.90 Å². The predicted molar refractivity (Wildman–Crippen MR) is 84.2 cm³/mol. The van der Waals surface area contributed by atoms with Gasteiger partial charge in [-0.25, -0.2) is 13.3 Å². The van der Waals surface area contributed by atoms with Crippen LogP contribution in [0.15, 0.2) is 53.4 Å². The summed E-state index contributed by atoms with van der Waals surface area (Å²) in [6.45, 7) is 0. The fourth-order valence-corrected chi connectivity index (χ4v) is 4.44. The van der Waals surface area contributed by atoms with Crippen LogP contribution in [0.4, 0.5) is 5.69 Å². The highest BCUT2D eigenvalue weighted by atomic mass is 32.2. The van der Waals surface area contributed by atoms with E-state index < -0.39 is 9.84 Å². The van der Waals surface area contributed by atoms with Crippen molar-refractivity contribution < 1.29 is 18.0 Å². The van der Waals surface area contributed by atoms with Crippen molar-refractivity contribution in [1.29, 1.82) is 0 Å². The number of hydrogen-bond donors (Lipinski definition) is 0. The molecule has 1 fully saturated rings. The van der Waals surface area contributed by atoms with Crippen LogP contribution in [0, 0.1) is 0 Å². The molecule has 5 nitrogen and oxygen atoms in total. The number of nitrogens with zero attached hydrogens (tertiary/aromatic N) is 1. The molecule has 0 unspecified atom stereocenters. The van der Waals surface area contributed by atoms with Crippen molar-refractivity contribution in [3.63, 3.8) is 0 Å². The second kappa shape index (κ2) is 4.76. The molecular formula is C17H13NO4S. The molecule has 23 heavy (non-hydrogen) atoms. The van der Waals surface area contributed by atoms with Crippen LogP contribution >= 0.6 is 0 Å². The third-order valence-electron chi connectivity index (χ3n) is 4.18. The van der Waals surface area contributed by atoms with Crippen molar-refractivity contribution in [3.8, 4) is 0 Å². The van der Waals surface area contributed by atoms with Gasteiger partial charge in [0.15, 0.2) is 9.84 Å². The summed E-state index contributed by atoms with van der Waals surface area (Å²) in [6, 6.07) is 12.6. The third kappa shape index (κ3) is 2.09. The smallest absolute Gasteiger partial charge is 0.266 e. The van der Waals surface area contributed by atoms with Gasteiger partial charge in [-0.05, 0) is 49.2 Å². The number of anilines is 1. The maximum Gasteiger partial charge on any atom is 0.266 e. The number of carbonyl (C=O) groups excluding carboxylic acids is 2. The van der Waals surface area contributed by atoms with Crippen molar-refractivity contribution in [2.24, 2.45) is 0 Å². The van der Waals surface area contributed by atoms with Crippen LogP contribution < -0.4 is 4.90 Å². The van der Waals surface area contributed by atoms with E-state index >= 15 is 0 Å². The largest absolute Gasteiger partial charge is 0.268 e. The van der Waals surface area contributed by atoms with Crippen LogP contribution in [0.2, 0.25) is 0 Å². The summed E-state index contributed by atoms with van der Waals surface area (Å²) in [4.78, 5) is 26.1. The van der Waals surface area contributed by atoms with Crippen molar-refractivity contribution in [1.82, 2.24) is 0 Å². The standard InChI is InChI=1S/C17H13NO4S/c19-16-14-3-1-2-4-15(14)17(20)18(16)11-5-7-12(8-6-11)23(21,22)13-9-10-13/h1-8,13H,9-10H2. The highest BCUT2D eigenvalue weighted by molar-refractivity contribution is 7.92. The highest BCUT2D eigenvalue weighted by Gasteiger charge is 2.38. The highest BCUT2D eigenvalue weighted by Crippen LogP contribution is 2.35. The van der Waals surface area contributed by atoms with Gasteiger partial charge in [0.05, 0.1) is 27.0 Å². The molecule has 0 N–H and O–H groups in total. The lowest BCUT2D eigenvalue weighted by atomic mass is 10.1. The molecule has 2 aromatic rings. The normalized spacial score (nSPS) is 17.5. The Hall–Kier alpha value is -2.47. The van der Waals surface area contributed by atoms with Gasteiger partial charge in [0.2, 0.25) is 0 Å². The maximum atomic E-state index is 12.4. The molecule has 0 spiro atoms. The first-order chi connectivity index (χ1) is 11.0. The Morgan fingerprint density at radius 3 is 1.83 bits per heavy atom. The van der Waals surface area contributed by atoms with E-state index in [1.54, 1.807) is 24.3 Å². The van der Waals surface area contributed by atoms with Crippen molar-refractivity contribution >= 4 is 27.3 Å². The van der Waals surface area contributed by atoms with E-state index in [0.717, 1.165) is 4.90 Å². The molecule has 6 heteroatoms. The Balaban J connectivity index is 1.70. The first-order valence-corrected chi connectivity index (χ1v) is 8.86. The lowest BCUT2D eigenvalue weighted by molar-refractivity contribution is 0.0926. The summed E-state index contributed by atoms with van der Waals surface area (Å²) in [5.74, 6) is -0.771. The average molecular weight is 327 g/mol. The minimum atomic E-state index is -3.28. The van der Waals surface area contributed by atoms with E-state index in [1.165, 1.54) is 24.3 Å². The molecule has 1 aliphatic heterocycles. The van der Waals surface area contributed by atoms with E-state index in [0.29, 0.717) is 29.7 Å². The van der Waals surface area contributed by atoms with Gasteiger partial charge in [0.1, 0.15) is 0 Å². The van der Waals surface area contributed by atoms with Gasteiger partial charge < -0.3 is 0 Å². The molecule has 2 aliphatic rings. The number of imide groups is 1. The fraction of sp³-hybridized carbons (Fsp3) is 0.176. The molecule has 2 aromatic carbocycles. The molecule has 0 atom stereocenters. The first-order valence-electron chi connectivity index (χ1n) is 7.32. The summed E-state index contributed by atoms with van der Waals surface area (Å²) in [7, 11) is -3.28. The number of carbonyl (C=O) groups is 2. The summed E-state index contributed by atoms with van der Waals surface area (Å²) in [5.41, 5.74) is 1.12. The maximum absolute atomic E-state index is 12.4. The lowest BCUT2D eigenvalue weighted by Crippen LogP contribution is -2.29. The van der Waals surface area contributed by atoms with Gasteiger partial charge in [0.25, 0.3) is 11.8 Å². The average Bonchev–Trinajstić information content (AvgIpc) is 3.37. The molecule has 2 amide bonds. The summed E-state index contributed by atoms with van der Waals surface area (Å²) in [5, 5.41) is -0.285. The van der Waals surface area contributed by atoms with Crippen molar-refractivity contribution in [3.05, 3.63) is 59.7 Å². The third-order valence-corrected chi connectivity index (χ3v) is 6.46. The molecular weight excluding hydrogens is 314 g/mol. The second-order valence-corrected chi connectivity index (χ2v) is 7.96. The Labute approximate surface area is 133 Å². The first kappa shape index (κ1) is 14.1. The van der Waals surface area contributed by atoms with Crippen LogP contribution in [0.1, 0.15) is 33.6 Å². The van der Waals surface area contributed by atoms with Gasteiger partial charge in [-0.3, -0.25) is 9.59 Å². The number of rotatable bonds is 3. The monoisotopic (exact) mass is 327 g/mol. The Morgan fingerprint density at radius 1 is 0.826 bits per heavy atom. The zero-order valence-electron chi connectivity index (χ0n) is 12.1. The Morgan fingerprint density at radius 2 is 1.35 bits per heavy atom. The summed E-state index contributed by atoms with van der Waals surface area (Å²) < 4.78 is 24.4. The number of sulfone groups is 1. The van der Waals surface area contributed by atoms with E-state index in [4.69, 9.17) is 0 Å². The predicted octanol–water partition coefficient (Wildman–Crippen LogP) is 2.42. The molecule has 0 bridgehead atoms. The minimum absolute atomic E-state index is 0.236. The zero-order chi connectivity index (χ0) is 16.2. The van der Waals surface area contributed by atoms with Crippen LogP contribution in [0.25, 0.3) is 0 Å². The van der Waals surface area contributed by atoms with E-state index in [9.17, 15) is 18.0 Å². The number of hydrogen-bond acceptors (Lipinski definition) is 4. The van der Waals surface area contributed by atoms with Gasteiger partial charge in [-0.15, -0.1) is 0 Å². The molecule has 0 aromatic heterocycles. The molecule has 1 heterocycles. The topological polar surface area (TPSA) is 71.5 Å². The Kier molecular flexibility index (Phi) is 2.93. The molecule has 4 rings (SSSR count). The molecule has 116 valence electrons. The molecule has 0 radical (unpaired) electrons. The number of amides is 2. The quantitative estimate of drug-likeness (QED) is 0.812. The van der Waals surface area contributed by atoms with Gasteiger partial charge in [-0.2, -0.15) is 0 Å². The van der Waals surface area contributed by atoms with Crippen LogP contribution in [0.5, 0.6) is 0 Å². The van der Waals surface area contributed by atoms with E-state index in [2.05, 4.69) is 0 Å². The fourth-order valence-electron chi connectivity index (χ4n) is 2.78. The van der Waals surface area contributed by atoms with E-state index in [-0.39, 0.29) is 22.0 Å². The zero-order valence-corrected chi connectivity index (χ0v) is 12.9. The summed E-state index contributed by atoms with van der Waals surface area (Å²) in [6.07, 6.45) is 1.39. The van der Waals surface area contributed by atoms with Crippen LogP contribution in [-0.2, 0) is 9.84 Å². The van der Waals surface area contributed by atoms with Crippen LogP contribution in [-0.4, -0.2) is 25.5 Å². The second-order valence-electron chi connectivity index (χ2n) is 5.73. The number of fused-ring (bicyclic) bond motifs is 1. The van der Waals surface area contributed by atoms with E-state index in [1.807, 2.05) is 0 Å². The van der Waals surface area contributed by atoms with Crippen molar-refractivity contribution in [2.45, 2.75) is 23.0 Å². The van der Waals surface area contributed by atoms with Gasteiger partial charge in [-0.1, -0.05) is 12.1 Å². The summed E-state index contributed by atoms with van der Waals surface area (Å²) >= 11 is 0. The minimum Gasteiger partial charge on any atom is -0.268 e. The SMILES string of the molecule is O=C1c2ccccc2C(=O)N1c1ccc(S(=O)(=O)C2CC2)cc1. The number of benzene rings is 2. The van der Waals surface area contributed by atoms with Crippen LogP contribution in [0.3, 0.4) is 0 Å².